The minimum atomic E-state index is -0.242. The molecule has 0 saturated carbocycles. The molecule has 1 atom stereocenters. The normalized spacial score (nSPS) is 11.7. The number of nitrogens with two attached hydrogens (primary N) is 1. The number of benzene rings is 1. The molecule has 110 valence electrons. The quantitative estimate of drug-likeness (QED) is 0.656. The third-order valence-electron chi connectivity index (χ3n) is 2.85. The third-order valence-corrected chi connectivity index (χ3v) is 3.96. The van der Waals surface area contributed by atoms with Crippen LogP contribution in [0.1, 0.15) is 6.92 Å². The molecule has 0 aliphatic carbocycles. The number of nitrogen functional groups attached to an aromatic ring is 1. The van der Waals surface area contributed by atoms with Crippen LogP contribution in [0.5, 0.6) is 5.75 Å². The summed E-state index contributed by atoms with van der Waals surface area (Å²) in [6, 6.07) is 8.91. The lowest BCUT2D eigenvalue weighted by Gasteiger charge is -2.14. The van der Waals surface area contributed by atoms with E-state index in [1.165, 1.54) is 11.8 Å². The lowest BCUT2D eigenvalue weighted by molar-refractivity contribution is -0.115. The Labute approximate surface area is 127 Å². The summed E-state index contributed by atoms with van der Waals surface area (Å²) in [4.78, 5) is 17.1. The largest absolute Gasteiger partial charge is 0.497 e. The van der Waals surface area contributed by atoms with Crippen molar-refractivity contribution in [1.29, 1.82) is 0 Å². The molecule has 6 heteroatoms. The van der Waals surface area contributed by atoms with Crippen molar-refractivity contribution in [3.63, 3.8) is 0 Å². The maximum absolute atomic E-state index is 12.2. The molecule has 0 aliphatic heterocycles. The van der Waals surface area contributed by atoms with Gasteiger partial charge in [0.15, 0.2) is 0 Å². The number of amides is 1. The second kappa shape index (κ2) is 6.99. The maximum Gasteiger partial charge on any atom is 0.237 e. The fourth-order valence-corrected chi connectivity index (χ4v) is 2.54. The van der Waals surface area contributed by atoms with E-state index in [0.29, 0.717) is 17.1 Å². The zero-order valence-corrected chi connectivity index (χ0v) is 12.7. The fraction of sp³-hybridized carbons (Fsp3) is 0.200. The van der Waals surface area contributed by atoms with Crippen molar-refractivity contribution in [3.05, 3.63) is 42.7 Å². The number of thioether (sulfide) groups is 1. The van der Waals surface area contributed by atoms with E-state index < -0.39 is 0 Å². The summed E-state index contributed by atoms with van der Waals surface area (Å²) in [5, 5.41) is 2.58. The Hall–Kier alpha value is -2.21. The molecular weight excluding hydrogens is 286 g/mol. The molecule has 1 aromatic carbocycles. The molecule has 0 bridgehead atoms. The van der Waals surface area contributed by atoms with E-state index in [2.05, 4.69) is 10.3 Å². The number of carbonyl (C=O) groups is 1. The van der Waals surface area contributed by atoms with Gasteiger partial charge >= 0.3 is 0 Å². The van der Waals surface area contributed by atoms with E-state index >= 15 is 0 Å². The van der Waals surface area contributed by atoms with E-state index in [-0.39, 0.29) is 11.2 Å². The van der Waals surface area contributed by atoms with Crippen molar-refractivity contribution in [1.82, 2.24) is 4.98 Å². The average Bonchev–Trinajstić information content (AvgIpc) is 2.50. The van der Waals surface area contributed by atoms with Crippen molar-refractivity contribution in [2.75, 3.05) is 18.2 Å². The lowest BCUT2D eigenvalue weighted by atomic mass is 10.2. The van der Waals surface area contributed by atoms with Gasteiger partial charge in [0.05, 0.1) is 23.7 Å². The van der Waals surface area contributed by atoms with Crippen molar-refractivity contribution in [2.24, 2.45) is 0 Å². The molecule has 21 heavy (non-hydrogen) atoms. The highest BCUT2D eigenvalue weighted by molar-refractivity contribution is 8.00. The zero-order valence-electron chi connectivity index (χ0n) is 11.9. The van der Waals surface area contributed by atoms with Crippen LogP contribution in [0.2, 0.25) is 0 Å². The van der Waals surface area contributed by atoms with E-state index in [9.17, 15) is 4.79 Å². The number of nitrogens with one attached hydrogen (secondary N) is 1. The van der Waals surface area contributed by atoms with Gasteiger partial charge in [-0.1, -0.05) is 0 Å². The number of rotatable bonds is 5. The number of hydrogen-bond acceptors (Lipinski definition) is 5. The highest BCUT2D eigenvalue weighted by Gasteiger charge is 2.15. The van der Waals surface area contributed by atoms with Crippen LogP contribution in [0.3, 0.4) is 0 Å². The van der Waals surface area contributed by atoms with Crippen LogP contribution < -0.4 is 15.8 Å². The minimum absolute atomic E-state index is 0.103. The molecule has 3 N–H and O–H groups in total. The second-order valence-corrected chi connectivity index (χ2v) is 5.80. The summed E-state index contributed by atoms with van der Waals surface area (Å²) in [6.07, 6.45) is 3.41. The van der Waals surface area contributed by atoms with E-state index in [1.807, 2.05) is 19.1 Å². The van der Waals surface area contributed by atoms with Gasteiger partial charge in [-0.3, -0.25) is 9.78 Å². The van der Waals surface area contributed by atoms with Crippen molar-refractivity contribution in [3.8, 4) is 5.75 Å². The number of carbonyl (C=O) groups excluding carboxylic acids is 1. The average molecular weight is 303 g/mol. The standard InChI is InChI=1S/C15H17N3O2S/c1-10(21-12-5-7-17-8-6-12)15(19)18-14-4-3-11(20-2)9-13(14)16/h3-10H,16H2,1-2H3,(H,18,19). The summed E-state index contributed by atoms with van der Waals surface area (Å²) in [6.45, 7) is 1.85. The van der Waals surface area contributed by atoms with Gasteiger partial charge < -0.3 is 15.8 Å². The summed E-state index contributed by atoms with van der Waals surface area (Å²) in [5.41, 5.74) is 6.95. The summed E-state index contributed by atoms with van der Waals surface area (Å²) in [7, 11) is 1.57. The van der Waals surface area contributed by atoms with Crippen molar-refractivity contribution >= 4 is 29.0 Å². The zero-order chi connectivity index (χ0) is 15.2. The van der Waals surface area contributed by atoms with Crippen LogP contribution in [0.15, 0.2) is 47.6 Å². The van der Waals surface area contributed by atoms with E-state index in [1.54, 1.807) is 37.7 Å². The predicted molar refractivity (Wildman–Crippen MR) is 85.6 cm³/mol. The number of methoxy groups -OCH3 is 1. The predicted octanol–water partition coefficient (Wildman–Crippen LogP) is 2.79. The molecule has 1 heterocycles. The Kier molecular flexibility index (Phi) is 5.05. The number of pyridine rings is 1. The Morgan fingerprint density at radius 3 is 2.67 bits per heavy atom. The van der Waals surface area contributed by atoms with Crippen LogP contribution in [-0.2, 0) is 4.79 Å². The number of ether oxygens (including phenoxy) is 1. The van der Waals surface area contributed by atoms with Gasteiger partial charge in [0.25, 0.3) is 0 Å². The van der Waals surface area contributed by atoms with Gasteiger partial charge in [-0.25, -0.2) is 0 Å². The molecule has 0 aliphatic rings. The van der Waals surface area contributed by atoms with Gasteiger partial charge in [-0.2, -0.15) is 0 Å². The van der Waals surface area contributed by atoms with Crippen LogP contribution in [-0.4, -0.2) is 23.3 Å². The van der Waals surface area contributed by atoms with Gasteiger partial charge in [0.1, 0.15) is 5.75 Å². The first-order valence-electron chi connectivity index (χ1n) is 6.41. The Morgan fingerprint density at radius 2 is 2.05 bits per heavy atom. The molecule has 1 unspecified atom stereocenters. The lowest BCUT2D eigenvalue weighted by Crippen LogP contribution is -2.22. The molecule has 2 rings (SSSR count). The van der Waals surface area contributed by atoms with Gasteiger partial charge in [0, 0.05) is 23.4 Å². The smallest absolute Gasteiger partial charge is 0.237 e. The van der Waals surface area contributed by atoms with E-state index in [4.69, 9.17) is 10.5 Å². The summed E-state index contributed by atoms with van der Waals surface area (Å²) < 4.78 is 5.08. The monoisotopic (exact) mass is 303 g/mol. The first-order chi connectivity index (χ1) is 10.1. The number of nitrogens with zero attached hydrogens (tertiary/aromatic N) is 1. The molecule has 0 radical (unpaired) electrons. The summed E-state index contributed by atoms with van der Waals surface area (Å²) in [5.74, 6) is 0.554. The Balaban J connectivity index is 2.00. The molecule has 0 saturated heterocycles. The Bertz CT molecular complexity index is 620. The van der Waals surface area contributed by atoms with E-state index in [0.717, 1.165) is 4.90 Å². The second-order valence-electron chi connectivity index (χ2n) is 4.39. The number of hydrogen-bond donors (Lipinski definition) is 2. The fourth-order valence-electron chi connectivity index (χ4n) is 1.69. The van der Waals surface area contributed by atoms with Crippen LogP contribution >= 0.6 is 11.8 Å². The highest BCUT2D eigenvalue weighted by atomic mass is 32.2. The SMILES string of the molecule is COc1ccc(NC(=O)C(C)Sc2ccncc2)c(N)c1. The molecule has 0 fully saturated rings. The Morgan fingerprint density at radius 1 is 1.33 bits per heavy atom. The highest BCUT2D eigenvalue weighted by Crippen LogP contribution is 2.27. The van der Waals surface area contributed by atoms with Crippen molar-refractivity contribution in [2.45, 2.75) is 17.1 Å². The molecule has 5 nitrogen and oxygen atoms in total. The van der Waals surface area contributed by atoms with Crippen LogP contribution in [0.4, 0.5) is 11.4 Å². The van der Waals surface area contributed by atoms with Gasteiger partial charge in [-0.05, 0) is 31.2 Å². The van der Waals surface area contributed by atoms with Crippen molar-refractivity contribution < 1.29 is 9.53 Å². The minimum Gasteiger partial charge on any atom is -0.497 e. The van der Waals surface area contributed by atoms with Gasteiger partial charge in [-0.15, -0.1) is 11.8 Å². The summed E-state index contributed by atoms with van der Waals surface area (Å²) >= 11 is 1.47. The van der Waals surface area contributed by atoms with Crippen LogP contribution in [0, 0.1) is 0 Å². The molecule has 1 aromatic heterocycles. The molecule has 0 spiro atoms. The third kappa shape index (κ3) is 4.13. The van der Waals surface area contributed by atoms with Gasteiger partial charge in [0.2, 0.25) is 5.91 Å². The van der Waals surface area contributed by atoms with Crippen LogP contribution in [0.25, 0.3) is 0 Å². The molecule has 1 amide bonds. The molecular formula is C15H17N3O2S. The first kappa shape index (κ1) is 15.2. The number of aromatic nitrogens is 1. The molecule has 2 aromatic rings. The first-order valence-corrected chi connectivity index (χ1v) is 7.29. The maximum atomic E-state index is 12.2. The number of anilines is 2. The topological polar surface area (TPSA) is 77.2 Å².